The number of carbonyl (C=O) groups is 1. The molecule has 0 saturated carbocycles. The van der Waals surface area contributed by atoms with E-state index in [1.807, 2.05) is 37.3 Å². The molecule has 0 amide bonds. The van der Waals surface area contributed by atoms with Gasteiger partial charge >= 0.3 is 5.97 Å². The lowest BCUT2D eigenvalue weighted by Gasteiger charge is -2.17. The van der Waals surface area contributed by atoms with Gasteiger partial charge in [0.15, 0.2) is 0 Å². The van der Waals surface area contributed by atoms with Crippen molar-refractivity contribution in [1.29, 1.82) is 0 Å². The van der Waals surface area contributed by atoms with Crippen LogP contribution < -0.4 is 0 Å². The zero-order valence-corrected chi connectivity index (χ0v) is 10.1. The molecule has 0 fully saturated rings. The first kappa shape index (κ1) is 12.8. The van der Waals surface area contributed by atoms with E-state index < -0.39 is 0 Å². The first-order chi connectivity index (χ1) is 7.77. The van der Waals surface area contributed by atoms with Crippen LogP contribution in [0.25, 0.3) is 0 Å². The average Bonchev–Trinajstić information content (AvgIpc) is 2.30. The molecule has 0 aliphatic heterocycles. The monoisotopic (exact) mass is 220 g/mol. The van der Waals surface area contributed by atoms with Crippen LogP contribution in [0.1, 0.15) is 51.2 Å². The van der Waals surface area contributed by atoms with Crippen molar-refractivity contribution in [2.24, 2.45) is 0 Å². The summed E-state index contributed by atoms with van der Waals surface area (Å²) < 4.78 is 5.48. The highest BCUT2D eigenvalue weighted by molar-refractivity contribution is 5.69. The Hall–Kier alpha value is -1.31. The lowest BCUT2D eigenvalue weighted by atomic mass is 10.1. The molecule has 0 spiro atoms. The number of rotatable bonds is 6. The predicted octanol–water partition coefficient (Wildman–Crippen LogP) is 3.87. The summed E-state index contributed by atoms with van der Waals surface area (Å²) >= 11 is 0. The minimum Gasteiger partial charge on any atom is -0.457 e. The van der Waals surface area contributed by atoms with Crippen molar-refractivity contribution >= 4 is 5.97 Å². The summed E-state index contributed by atoms with van der Waals surface area (Å²) in [7, 11) is 0. The van der Waals surface area contributed by atoms with Gasteiger partial charge in [-0.25, -0.2) is 0 Å². The van der Waals surface area contributed by atoms with E-state index in [4.69, 9.17) is 4.74 Å². The van der Waals surface area contributed by atoms with Crippen LogP contribution in [0.4, 0.5) is 0 Å². The third-order valence-electron chi connectivity index (χ3n) is 2.45. The Morgan fingerprint density at radius 3 is 2.44 bits per heavy atom. The smallest absolute Gasteiger partial charge is 0.306 e. The molecule has 2 heteroatoms. The van der Waals surface area contributed by atoms with Gasteiger partial charge in [0.05, 0.1) is 0 Å². The van der Waals surface area contributed by atoms with E-state index in [0.717, 1.165) is 24.8 Å². The van der Waals surface area contributed by atoms with Crippen LogP contribution in [0, 0.1) is 0 Å². The maximum absolute atomic E-state index is 11.5. The predicted molar refractivity (Wildman–Crippen MR) is 65.1 cm³/mol. The van der Waals surface area contributed by atoms with Crippen molar-refractivity contribution in [3.8, 4) is 0 Å². The Bertz CT molecular complexity index is 306. The molecule has 1 rings (SSSR count). The Morgan fingerprint density at radius 1 is 1.19 bits per heavy atom. The molecule has 1 atom stereocenters. The molecular formula is C14H20O2. The van der Waals surface area contributed by atoms with Crippen molar-refractivity contribution in [2.45, 2.75) is 45.6 Å². The highest BCUT2D eigenvalue weighted by atomic mass is 16.5. The molecule has 0 aliphatic carbocycles. The molecule has 88 valence electrons. The lowest BCUT2D eigenvalue weighted by Crippen LogP contribution is -2.10. The zero-order chi connectivity index (χ0) is 11.8. The van der Waals surface area contributed by atoms with Gasteiger partial charge in [0.2, 0.25) is 0 Å². The van der Waals surface area contributed by atoms with Crippen LogP contribution in [0.2, 0.25) is 0 Å². The Morgan fingerprint density at radius 2 is 1.88 bits per heavy atom. The van der Waals surface area contributed by atoms with Gasteiger partial charge in [-0.05, 0) is 18.4 Å². The number of esters is 1. The van der Waals surface area contributed by atoms with Gasteiger partial charge in [0.1, 0.15) is 6.10 Å². The average molecular weight is 220 g/mol. The normalized spacial score (nSPS) is 12.1. The summed E-state index contributed by atoms with van der Waals surface area (Å²) in [6, 6.07) is 9.96. The van der Waals surface area contributed by atoms with Crippen LogP contribution in [-0.2, 0) is 9.53 Å². The van der Waals surface area contributed by atoms with E-state index in [1.54, 1.807) is 0 Å². The fourth-order valence-corrected chi connectivity index (χ4v) is 1.65. The Kier molecular flexibility index (Phi) is 5.62. The minimum absolute atomic E-state index is 0.0785. The number of ether oxygens (including phenoxy) is 1. The van der Waals surface area contributed by atoms with Gasteiger partial charge < -0.3 is 4.74 Å². The Balaban J connectivity index is 2.64. The SMILES string of the molecule is CCCC(=O)O[C@H](CCC)c1ccccc1. The van der Waals surface area contributed by atoms with Crippen LogP contribution in [0.3, 0.4) is 0 Å². The van der Waals surface area contributed by atoms with E-state index in [1.165, 1.54) is 0 Å². The number of hydrogen-bond donors (Lipinski definition) is 0. The first-order valence-corrected chi connectivity index (χ1v) is 6.02. The number of carbonyl (C=O) groups excluding carboxylic acids is 1. The van der Waals surface area contributed by atoms with Crippen molar-refractivity contribution in [3.63, 3.8) is 0 Å². The Labute approximate surface area is 97.6 Å². The van der Waals surface area contributed by atoms with E-state index in [9.17, 15) is 4.79 Å². The molecule has 0 bridgehead atoms. The van der Waals surface area contributed by atoms with Crippen LogP contribution >= 0.6 is 0 Å². The van der Waals surface area contributed by atoms with Crippen LogP contribution in [-0.4, -0.2) is 5.97 Å². The zero-order valence-electron chi connectivity index (χ0n) is 10.1. The summed E-state index contributed by atoms with van der Waals surface area (Å²) in [5.74, 6) is -0.0928. The molecule has 2 nitrogen and oxygen atoms in total. The molecule has 0 aromatic heterocycles. The molecule has 0 unspecified atom stereocenters. The van der Waals surface area contributed by atoms with E-state index >= 15 is 0 Å². The second-order valence-corrected chi connectivity index (χ2v) is 3.93. The van der Waals surface area contributed by atoms with Crippen LogP contribution in [0.5, 0.6) is 0 Å². The second kappa shape index (κ2) is 7.04. The van der Waals surface area contributed by atoms with Gasteiger partial charge in [-0.1, -0.05) is 50.6 Å². The molecule has 0 aliphatic rings. The molecule has 0 saturated heterocycles. The van der Waals surface area contributed by atoms with Gasteiger partial charge in [-0.15, -0.1) is 0 Å². The fourth-order valence-electron chi connectivity index (χ4n) is 1.65. The summed E-state index contributed by atoms with van der Waals surface area (Å²) in [4.78, 5) is 11.5. The third kappa shape index (κ3) is 4.05. The highest BCUT2D eigenvalue weighted by Crippen LogP contribution is 2.23. The van der Waals surface area contributed by atoms with Crippen molar-refractivity contribution < 1.29 is 9.53 Å². The molecule has 0 heterocycles. The maximum atomic E-state index is 11.5. The van der Waals surface area contributed by atoms with Crippen LogP contribution in [0.15, 0.2) is 30.3 Å². The molecule has 16 heavy (non-hydrogen) atoms. The third-order valence-corrected chi connectivity index (χ3v) is 2.45. The van der Waals surface area contributed by atoms with Crippen molar-refractivity contribution in [3.05, 3.63) is 35.9 Å². The molecule has 1 aromatic rings. The summed E-state index contributed by atoms with van der Waals surface area (Å²) in [5, 5.41) is 0. The quantitative estimate of drug-likeness (QED) is 0.680. The standard InChI is InChI=1S/C14H20O2/c1-3-8-13(16-14(15)9-4-2)12-10-6-5-7-11-12/h5-7,10-11,13H,3-4,8-9H2,1-2H3/t13-/m1/s1. The topological polar surface area (TPSA) is 26.3 Å². The fraction of sp³-hybridized carbons (Fsp3) is 0.500. The molecule has 0 N–H and O–H groups in total. The number of benzene rings is 1. The van der Waals surface area contributed by atoms with E-state index in [-0.39, 0.29) is 12.1 Å². The number of hydrogen-bond acceptors (Lipinski definition) is 2. The van der Waals surface area contributed by atoms with Gasteiger partial charge in [0, 0.05) is 6.42 Å². The summed E-state index contributed by atoms with van der Waals surface area (Å²) in [6.45, 7) is 4.09. The van der Waals surface area contributed by atoms with Gasteiger partial charge in [0.25, 0.3) is 0 Å². The highest BCUT2D eigenvalue weighted by Gasteiger charge is 2.14. The molecule has 0 radical (unpaired) electrons. The molecule has 1 aromatic carbocycles. The maximum Gasteiger partial charge on any atom is 0.306 e. The molecular weight excluding hydrogens is 200 g/mol. The van der Waals surface area contributed by atoms with E-state index in [2.05, 4.69) is 6.92 Å². The lowest BCUT2D eigenvalue weighted by molar-refractivity contribution is -0.149. The van der Waals surface area contributed by atoms with Gasteiger partial charge in [-0.2, -0.15) is 0 Å². The first-order valence-electron chi connectivity index (χ1n) is 6.02. The summed E-state index contributed by atoms with van der Waals surface area (Å²) in [6.07, 6.45) is 3.17. The van der Waals surface area contributed by atoms with Crippen molar-refractivity contribution in [1.82, 2.24) is 0 Å². The van der Waals surface area contributed by atoms with E-state index in [0.29, 0.717) is 6.42 Å². The van der Waals surface area contributed by atoms with Gasteiger partial charge in [-0.3, -0.25) is 4.79 Å². The largest absolute Gasteiger partial charge is 0.457 e. The minimum atomic E-state index is -0.0928. The summed E-state index contributed by atoms with van der Waals surface area (Å²) in [5.41, 5.74) is 1.09. The second-order valence-electron chi connectivity index (χ2n) is 3.93. The van der Waals surface area contributed by atoms with Crippen molar-refractivity contribution in [2.75, 3.05) is 0 Å².